The lowest BCUT2D eigenvalue weighted by Gasteiger charge is -2.22. The highest BCUT2D eigenvalue weighted by atomic mass is 32.2. The largest absolute Gasteiger partial charge is 0.392 e. The van der Waals surface area contributed by atoms with Crippen LogP contribution < -0.4 is 4.72 Å². The van der Waals surface area contributed by atoms with Gasteiger partial charge in [-0.2, -0.15) is 11.8 Å². The number of benzene rings is 1. The summed E-state index contributed by atoms with van der Waals surface area (Å²) >= 11 is 1.78. The average molecular weight is 287 g/mol. The molecule has 0 spiro atoms. The molecule has 1 heterocycles. The molecule has 6 heteroatoms. The number of sulfonamides is 1. The number of aliphatic hydroxyl groups excluding tert-OH is 1. The Kier molecular flexibility index (Phi) is 4.66. The summed E-state index contributed by atoms with van der Waals surface area (Å²) in [6.07, 6.45) is 1.96. The van der Waals surface area contributed by atoms with Crippen molar-refractivity contribution in [2.24, 2.45) is 0 Å². The Morgan fingerprint density at radius 3 is 2.61 bits per heavy atom. The summed E-state index contributed by atoms with van der Waals surface area (Å²) in [7, 11) is -3.43. The number of aliphatic hydroxyl groups is 1. The highest BCUT2D eigenvalue weighted by molar-refractivity contribution is 7.99. The van der Waals surface area contributed by atoms with Gasteiger partial charge in [-0.25, -0.2) is 13.1 Å². The number of nitrogens with one attached hydrogen (secondary N) is 1. The molecular weight excluding hydrogens is 270 g/mol. The highest BCUT2D eigenvalue weighted by Crippen LogP contribution is 2.19. The van der Waals surface area contributed by atoms with Crippen molar-refractivity contribution in [3.63, 3.8) is 0 Å². The maximum absolute atomic E-state index is 12.1. The quantitative estimate of drug-likeness (QED) is 0.877. The normalized spacial score (nSPS) is 20.8. The van der Waals surface area contributed by atoms with E-state index < -0.39 is 10.0 Å². The van der Waals surface area contributed by atoms with E-state index in [2.05, 4.69) is 4.72 Å². The molecule has 0 radical (unpaired) electrons. The summed E-state index contributed by atoms with van der Waals surface area (Å²) < 4.78 is 27.0. The molecule has 4 nitrogen and oxygen atoms in total. The van der Waals surface area contributed by atoms with Crippen LogP contribution in [-0.2, 0) is 16.6 Å². The van der Waals surface area contributed by atoms with E-state index in [1.54, 1.807) is 23.9 Å². The minimum absolute atomic E-state index is 0.0336. The van der Waals surface area contributed by atoms with Gasteiger partial charge in [-0.15, -0.1) is 0 Å². The predicted octanol–water partition coefficient (Wildman–Crippen LogP) is 1.35. The zero-order valence-electron chi connectivity index (χ0n) is 10.0. The van der Waals surface area contributed by atoms with Crippen molar-refractivity contribution in [3.05, 3.63) is 29.8 Å². The molecule has 1 aliphatic heterocycles. The maximum Gasteiger partial charge on any atom is 0.240 e. The molecule has 1 unspecified atom stereocenters. The minimum Gasteiger partial charge on any atom is -0.392 e. The standard InChI is InChI=1S/C12H17NO3S2/c14-8-10-3-5-12(6-4-10)18(15,16)13-11-2-1-7-17-9-11/h3-6,11,13-14H,1-2,7-9H2. The van der Waals surface area contributed by atoms with Gasteiger partial charge in [0.2, 0.25) is 10.0 Å². The van der Waals surface area contributed by atoms with Crippen LogP contribution in [0.3, 0.4) is 0 Å². The van der Waals surface area contributed by atoms with Crippen LogP contribution in [0.1, 0.15) is 18.4 Å². The summed E-state index contributed by atoms with van der Waals surface area (Å²) in [5, 5.41) is 8.92. The number of thioether (sulfide) groups is 1. The topological polar surface area (TPSA) is 66.4 Å². The second kappa shape index (κ2) is 6.06. The van der Waals surface area contributed by atoms with Crippen molar-refractivity contribution in [2.75, 3.05) is 11.5 Å². The predicted molar refractivity (Wildman–Crippen MR) is 73.0 cm³/mol. The molecule has 1 fully saturated rings. The summed E-state index contributed by atoms with van der Waals surface area (Å²) in [5.41, 5.74) is 0.710. The molecule has 1 aromatic carbocycles. The van der Waals surface area contributed by atoms with Gasteiger partial charge in [0.15, 0.2) is 0 Å². The highest BCUT2D eigenvalue weighted by Gasteiger charge is 2.21. The lowest BCUT2D eigenvalue weighted by molar-refractivity contribution is 0.282. The first kappa shape index (κ1) is 13.9. The summed E-state index contributed by atoms with van der Waals surface area (Å²) in [4.78, 5) is 0.260. The van der Waals surface area contributed by atoms with E-state index >= 15 is 0 Å². The molecule has 100 valence electrons. The van der Waals surface area contributed by atoms with Gasteiger partial charge in [-0.05, 0) is 36.3 Å². The van der Waals surface area contributed by atoms with Gasteiger partial charge in [0, 0.05) is 11.8 Å². The first-order chi connectivity index (χ1) is 8.62. The molecule has 0 aromatic heterocycles. The van der Waals surface area contributed by atoms with Crippen LogP contribution in [0, 0.1) is 0 Å². The van der Waals surface area contributed by atoms with Gasteiger partial charge >= 0.3 is 0 Å². The van der Waals surface area contributed by atoms with Gasteiger partial charge in [0.05, 0.1) is 11.5 Å². The Hall–Kier alpha value is -0.560. The third kappa shape index (κ3) is 3.47. The molecule has 2 rings (SSSR count). The van der Waals surface area contributed by atoms with Crippen LogP contribution in [0.2, 0.25) is 0 Å². The molecular formula is C12H17NO3S2. The Balaban J connectivity index is 2.08. The lowest BCUT2D eigenvalue weighted by Crippen LogP contribution is -2.38. The SMILES string of the molecule is O=S(=O)(NC1CCCSC1)c1ccc(CO)cc1. The third-order valence-corrected chi connectivity index (χ3v) is 5.65. The van der Waals surface area contributed by atoms with Crippen molar-refractivity contribution in [1.29, 1.82) is 0 Å². The van der Waals surface area contributed by atoms with Crippen molar-refractivity contribution in [3.8, 4) is 0 Å². The third-order valence-electron chi connectivity index (χ3n) is 2.90. The number of hydrogen-bond acceptors (Lipinski definition) is 4. The molecule has 1 aliphatic rings. The Labute approximate surface area is 112 Å². The van der Waals surface area contributed by atoms with Gasteiger partial charge in [-0.3, -0.25) is 0 Å². The van der Waals surface area contributed by atoms with Crippen molar-refractivity contribution < 1.29 is 13.5 Å². The molecule has 1 aromatic rings. The zero-order chi connectivity index (χ0) is 13.0. The second-order valence-corrected chi connectivity index (χ2v) is 7.20. The van der Waals surface area contributed by atoms with Gasteiger partial charge in [-0.1, -0.05) is 12.1 Å². The first-order valence-electron chi connectivity index (χ1n) is 5.92. The monoisotopic (exact) mass is 287 g/mol. The van der Waals surface area contributed by atoms with E-state index in [4.69, 9.17) is 5.11 Å². The molecule has 18 heavy (non-hydrogen) atoms. The summed E-state index contributed by atoms with van der Waals surface area (Å²) in [6.45, 7) is -0.0764. The van der Waals surface area contributed by atoms with Crippen LogP contribution in [0.5, 0.6) is 0 Å². The Bertz CT molecular complexity index is 479. The van der Waals surface area contributed by atoms with Crippen molar-refractivity contribution in [1.82, 2.24) is 4.72 Å². The maximum atomic E-state index is 12.1. The summed E-state index contributed by atoms with van der Waals surface area (Å²) in [5.74, 6) is 1.96. The van der Waals surface area contributed by atoms with Gasteiger partial charge in [0.25, 0.3) is 0 Å². The molecule has 2 N–H and O–H groups in total. The van der Waals surface area contributed by atoms with Crippen LogP contribution in [0.25, 0.3) is 0 Å². The molecule has 1 saturated heterocycles. The van der Waals surface area contributed by atoms with E-state index in [1.807, 2.05) is 0 Å². The lowest BCUT2D eigenvalue weighted by atomic mass is 10.2. The number of hydrogen-bond donors (Lipinski definition) is 2. The van der Waals surface area contributed by atoms with E-state index in [0.29, 0.717) is 5.56 Å². The molecule has 0 amide bonds. The van der Waals surface area contributed by atoms with Crippen molar-refractivity contribution >= 4 is 21.8 Å². The fraction of sp³-hybridized carbons (Fsp3) is 0.500. The fourth-order valence-corrected chi connectivity index (χ4v) is 4.34. The average Bonchev–Trinajstić information content (AvgIpc) is 2.39. The van der Waals surface area contributed by atoms with Gasteiger partial charge in [0.1, 0.15) is 0 Å². The molecule has 0 saturated carbocycles. The van der Waals surface area contributed by atoms with Crippen LogP contribution in [-0.4, -0.2) is 31.1 Å². The van der Waals surface area contributed by atoms with Crippen molar-refractivity contribution in [2.45, 2.75) is 30.4 Å². The minimum atomic E-state index is -3.43. The van der Waals surface area contributed by atoms with E-state index in [-0.39, 0.29) is 17.5 Å². The smallest absolute Gasteiger partial charge is 0.240 e. The second-order valence-electron chi connectivity index (χ2n) is 4.34. The van der Waals surface area contributed by atoms with E-state index in [0.717, 1.165) is 24.3 Å². The van der Waals surface area contributed by atoms with Crippen LogP contribution >= 0.6 is 11.8 Å². The Morgan fingerprint density at radius 2 is 2.06 bits per heavy atom. The van der Waals surface area contributed by atoms with E-state index in [1.165, 1.54) is 12.1 Å². The fourth-order valence-electron chi connectivity index (χ4n) is 1.90. The molecule has 1 atom stereocenters. The van der Waals surface area contributed by atoms with Crippen LogP contribution in [0.4, 0.5) is 0 Å². The van der Waals surface area contributed by atoms with Crippen LogP contribution in [0.15, 0.2) is 29.2 Å². The zero-order valence-corrected chi connectivity index (χ0v) is 11.6. The summed E-state index contributed by atoms with van der Waals surface area (Å²) in [6, 6.07) is 6.36. The number of rotatable bonds is 4. The first-order valence-corrected chi connectivity index (χ1v) is 8.55. The Morgan fingerprint density at radius 1 is 1.33 bits per heavy atom. The van der Waals surface area contributed by atoms with E-state index in [9.17, 15) is 8.42 Å². The molecule has 0 bridgehead atoms. The van der Waals surface area contributed by atoms with Gasteiger partial charge < -0.3 is 5.11 Å². The molecule has 0 aliphatic carbocycles.